The molecule has 0 aliphatic heterocycles. The molecular formula is C26H24N6O3. The van der Waals surface area contributed by atoms with E-state index < -0.39 is 11.7 Å². The number of hydrogen-bond donors (Lipinski definition) is 1. The molecule has 0 saturated heterocycles. The standard InChI is InChI=1S/C26H24N6O3/c1-30(2)15-16-31-21-17-19(13-14-22(21)35-26(31)34)27-25(33)23-28-24(18-9-5-3-6-10-18)32(29-23)20-11-7-4-8-12-20/h3-14,17H,15-16H2,1-2H3,(H,27,33). The van der Waals surface area contributed by atoms with E-state index in [0.29, 0.717) is 35.7 Å². The third kappa shape index (κ3) is 4.62. The Balaban J connectivity index is 1.48. The Labute approximate surface area is 201 Å². The van der Waals surface area contributed by atoms with Crippen molar-refractivity contribution in [2.24, 2.45) is 0 Å². The smallest absolute Gasteiger partial charge is 0.408 e. The highest BCUT2D eigenvalue weighted by molar-refractivity contribution is 6.02. The van der Waals surface area contributed by atoms with Gasteiger partial charge in [-0.05, 0) is 44.4 Å². The van der Waals surface area contributed by atoms with Crippen LogP contribution in [0.25, 0.3) is 28.2 Å². The van der Waals surface area contributed by atoms with Crippen molar-refractivity contribution in [3.05, 3.63) is 95.2 Å². The van der Waals surface area contributed by atoms with Crippen LogP contribution in [0.1, 0.15) is 10.6 Å². The van der Waals surface area contributed by atoms with Crippen molar-refractivity contribution in [3.8, 4) is 17.1 Å². The summed E-state index contributed by atoms with van der Waals surface area (Å²) in [6.07, 6.45) is 0. The highest BCUT2D eigenvalue weighted by Crippen LogP contribution is 2.22. The minimum absolute atomic E-state index is 0.0324. The maximum absolute atomic E-state index is 13.1. The molecule has 5 rings (SSSR count). The van der Waals surface area contributed by atoms with Crippen LogP contribution in [0.3, 0.4) is 0 Å². The summed E-state index contributed by atoms with van der Waals surface area (Å²) in [5, 5.41) is 7.35. The molecule has 0 unspecified atom stereocenters. The Morgan fingerprint density at radius 3 is 2.43 bits per heavy atom. The summed E-state index contributed by atoms with van der Waals surface area (Å²) in [4.78, 5) is 31.9. The van der Waals surface area contributed by atoms with Crippen molar-refractivity contribution >= 4 is 22.7 Å². The van der Waals surface area contributed by atoms with Gasteiger partial charge in [0.15, 0.2) is 11.4 Å². The average molecular weight is 469 g/mol. The summed E-state index contributed by atoms with van der Waals surface area (Å²) in [5.41, 5.74) is 3.22. The first-order chi connectivity index (χ1) is 17.0. The first kappa shape index (κ1) is 22.3. The van der Waals surface area contributed by atoms with E-state index in [4.69, 9.17) is 4.42 Å². The number of amides is 1. The second-order valence-corrected chi connectivity index (χ2v) is 8.33. The van der Waals surface area contributed by atoms with Crippen LogP contribution in [0.15, 0.2) is 88.1 Å². The molecule has 0 aliphatic rings. The maximum Gasteiger partial charge on any atom is 0.419 e. The van der Waals surface area contributed by atoms with E-state index in [1.165, 1.54) is 0 Å². The summed E-state index contributed by atoms with van der Waals surface area (Å²) >= 11 is 0. The lowest BCUT2D eigenvalue weighted by Crippen LogP contribution is -2.23. The molecule has 1 amide bonds. The van der Waals surface area contributed by atoms with Gasteiger partial charge >= 0.3 is 5.76 Å². The number of carbonyl (C=O) groups is 1. The van der Waals surface area contributed by atoms with Crippen LogP contribution in [-0.4, -0.2) is 50.8 Å². The SMILES string of the molecule is CN(C)CCn1c(=O)oc2ccc(NC(=O)c3nc(-c4ccccc4)n(-c4ccccc4)n3)cc21. The van der Waals surface area contributed by atoms with E-state index in [-0.39, 0.29) is 5.82 Å². The number of fused-ring (bicyclic) bond motifs is 1. The van der Waals surface area contributed by atoms with Gasteiger partial charge in [-0.25, -0.2) is 14.5 Å². The number of benzene rings is 3. The fourth-order valence-electron chi connectivity index (χ4n) is 3.77. The monoisotopic (exact) mass is 468 g/mol. The number of rotatable bonds is 7. The van der Waals surface area contributed by atoms with Crippen molar-refractivity contribution < 1.29 is 9.21 Å². The van der Waals surface area contributed by atoms with Gasteiger partial charge in [0.05, 0.1) is 11.2 Å². The fraction of sp³-hybridized carbons (Fsp3) is 0.154. The number of anilines is 1. The molecule has 0 aliphatic carbocycles. The van der Waals surface area contributed by atoms with Gasteiger partial charge in [0.25, 0.3) is 5.91 Å². The number of likely N-dealkylation sites (N-methyl/N-ethyl adjacent to an activating group) is 1. The molecule has 3 aromatic carbocycles. The summed E-state index contributed by atoms with van der Waals surface area (Å²) in [5.74, 6) is -0.294. The normalized spacial score (nSPS) is 11.3. The largest absolute Gasteiger partial charge is 0.419 e. The minimum atomic E-state index is -0.457. The van der Waals surface area contributed by atoms with Gasteiger partial charge < -0.3 is 14.6 Å². The number of oxazole rings is 1. The summed E-state index contributed by atoms with van der Waals surface area (Å²) in [7, 11) is 3.87. The topological polar surface area (TPSA) is 98.2 Å². The van der Waals surface area contributed by atoms with Gasteiger partial charge in [-0.1, -0.05) is 48.5 Å². The summed E-state index contributed by atoms with van der Waals surface area (Å²) in [6.45, 7) is 1.15. The van der Waals surface area contributed by atoms with E-state index in [2.05, 4.69) is 15.4 Å². The Hall–Kier alpha value is -4.50. The Morgan fingerprint density at radius 2 is 1.71 bits per heavy atom. The van der Waals surface area contributed by atoms with Gasteiger partial charge in [0, 0.05) is 24.3 Å². The third-order valence-corrected chi connectivity index (χ3v) is 5.54. The minimum Gasteiger partial charge on any atom is -0.408 e. The van der Waals surface area contributed by atoms with Crippen LogP contribution in [0.5, 0.6) is 0 Å². The molecule has 0 fully saturated rings. The Kier molecular flexibility index (Phi) is 5.99. The molecule has 5 aromatic rings. The molecule has 0 saturated carbocycles. The van der Waals surface area contributed by atoms with Crippen molar-refractivity contribution in [1.82, 2.24) is 24.2 Å². The molecule has 0 atom stereocenters. The molecule has 176 valence electrons. The zero-order valence-corrected chi connectivity index (χ0v) is 19.4. The quantitative estimate of drug-likeness (QED) is 0.392. The van der Waals surface area contributed by atoms with E-state index in [0.717, 1.165) is 11.3 Å². The Bertz CT molecular complexity index is 1480. The van der Waals surface area contributed by atoms with Crippen molar-refractivity contribution in [1.29, 1.82) is 0 Å². The predicted molar refractivity (Wildman–Crippen MR) is 134 cm³/mol. The number of nitrogens with zero attached hydrogens (tertiary/aromatic N) is 5. The van der Waals surface area contributed by atoms with Crippen LogP contribution in [0, 0.1) is 0 Å². The number of aromatic nitrogens is 4. The number of para-hydroxylation sites is 1. The van der Waals surface area contributed by atoms with Crippen LogP contribution < -0.4 is 11.1 Å². The average Bonchev–Trinajstić information content (AvgIpc) is 3.45. The number of carbonyl (C=O) groups excluding carboxylic acids is 1. The molecule has 1 N–H and O–H groups in total. The Morgan fingerprint density at radius 1 is 1.00 bits per heavy atom. The molecule has 2 aromatic heterocycles. The van der Waals surface area contributed by atoms with E-state index in [1.54, 1.807) is 27.4 Å². The van der Waals surface area contributed by atoms with Gasteiger partial charge in [-0.3, -0.25) is 9.36 Å². The zero-order chi connectivity index (χ0) is 24.4. The van der Waals surface area contributed by atoms with Gasteiger partial charge in [-0.15, -0.1) is 5.10 Å². The van der Waals surface area contributed by atoms with Crippen molar-refractivity contribution in [2.45, 2.75) is 6.54 Å². The lowest BCUT2D eigenvalue weighted by Gasteiger charge is -2.09. The molecule has 2 heterocycles. The molecule has 0 spiro atoms. The lowest BCUT2D eigenvalue weighted by atomic mass is 10.2. The van der Waals surface area contributed by atoms with Gasteiger partial charge in [-0.2, -0.15) is 0 Å². The van der Waals surface area contributed by atoms with Gasteiger partial charge in [0.1, 0.15) is 0 Å². The molecule has 0 bridgehead atoms. The molecule has 35 heavy (non-hydrogen) atoms. The number of hydrogen-bond acceptors (Lipinski definition) is 6. The molecule has 9 heteroatoms. The predicted octanol–water partition coefficient (Wildman–Crippen LogP) is 3.66. The molecule has 0 radical (unpaired) electrons. The van der Waals surface area contributed by atoms with E-state index in [9.17, 15) is 9.59 Å². The van der Waals surface area contributed by atoms with E-state index >= 15 is 0 Å². The number of nitrogens with one attached hydrogen (secondary N) is 1. The van der Waals surface area contributed by atoms with Crippen LogP contribution in [0.2, 0.25) is 0 Å². The van der Waals surface area contributed by atoms with Crippen LogP contribution >= 0.6 is 0 Å². The first-order valence-electron chi connectivity index (χ1n) is 11.2. The lowest BCUT2D eigenvalue weighted by molar-refractivity contribution is 0.101. The van der Waals surface area contributed by atoms with Crippen molar-refractivity contribution in [2.75, 3.05) is 26.0 Å². The van der Waals surface area contributed by atoms with Crippen molar-refractivity contribution in [3.63, 3.8) is 0 Å². The molecular weight excluding hydrogens is 444 g/mol. The summed E-state index contributed by atoms with van der Waals surface area (Å²) < 4.78 is 8.55. The van der Waals surface area contributed by atoms with E-state index in [1.807, 2.05) is 79.7 Å². The molecule has 9 nitrogen and oxygen atoms in total. The zero-order valence-electron chi connectivity index (χ0n) is 19.4. The summed E-state index contributed by atoms with van der Waals surface area (Å²) in [6, 6.07) is 24.2. The van der Waals surface area contributed by atoms with Gasteiger partial charge in [0.2, 0.25) is 5.82 Å². The maximum atomic E-state index is 13.1. The highest BCUT2D eigenvalue weighted by atomic mass is 16.4. The fourth-order valence-corrected chi connectivity index (χ4v) is 3.77. The second kappa shape index (κ2) is 9.40. The third-order valence-electron chi connectivity index (χ3n) is 5.54. The second-order valence-electron chi connectivity index (χ2n) is 8.33. The van der Waals surface area contributed by atoms with Crippen LogP contribution in [0.4, 0.5) is 5.69 Å². The van der Waals surface area contributed by atoms with Crippen LogP contribution in [-0.2, 0) is 6.54 Å². The first-order valence-corrected chi connectivity index (χ1v) is 11.2. The highest BCUT2D eigenvalue weighted by Gasteiger charge is 2.19.